The summed E-state index contributed by atoms with van der Waals surface area (Å²) in [7, 11) is 0. The van der Waals surface area contributed by atoms with Crippen LogP contribution in [0.25, 0.3) is 5.69 Å². The number of amides is 1. The summed E-state index contributed by atoms with van der Waals surface area (Å²) in [4.78, 5) is 14.7. The monoisotopic (exact) mass is 328 g/mol. The van der Waals surface area contributed by atoms with Crippen molar-refractivity contribution in [2.75, 3.05) is 19.7 Å². The van der Waals surface area contributed by atoms with Crippen molar-refractivity contribution in [1.82, 2.24) is 19.9 Å². The molecule has 128 valence electrons. The summed E-state index contributed by atoms with van der Waals surface area (Å²) < 4.78 is 7.30. The molecule has 1 aromatic carbocycles. The fraction of sp³-hybridized carbons (Fsp3) is 0.500. The Kier molecular flexibility index (Phi) is 4.66. The van der Waals surface area contributed by atoms with Crippen LogP contribution in [0.1, 0.15) is 48.4 Å². The Labute approximate surface area is 142 Å². The molecule has 1 aliphatic rings. The molecular weight excluding hydrogens is 304 g/mol. The molecule has 1 aromatic heterocycles. The van der Waals surface area contributed by atoms with Gasteiger partial charge in [-0.25, -0.2) is 4.68 Å². The lowest BCUT2D eigenvalue weighted by molar-refractivity contribution is -0.0126. The number of nitrogens with zero attached hydrogens (tertiary/aromatic N) is 4. The lowest BCUT2D eigenvalue weighted by Crippen LogP contribution is -2.45. The average molecular weight is 328 g/mol. The Balaban J connectivity index is 1.97. The van der Waals surface area contributed by atoms with E-state index in [9.17, 15) is 4.79 Å². The molecule has 0 radical (unpaired) electrons. The molecule has 1 fully saturated rings. The molecule has 0 aliphatic carbocycles. The van der Waals surface area contributed by atoms with Crippen LogP contribution in [0.15, 0.2) is 24.3 Å². The van der Waals surface area contributed by atoms with Gasteiger partial charge in [-0.05, 0) is 31.9 Å². The van der Waals surface area contributed by atoms with Gasteiger partial charge in [-0.2, -0.15) is 0 Å². The number of aromatic nitrogens is 3. The van der Waals surface area contributed by atoms with Crippen molar-refractivity contribution in [3.8, 4) is 5.69 Å². The van der Waals surface area contributed by atoms with Gasteiger partial charge in [0.1, 0.15) is 0 Å². The van der Waals surface area contributed by atoms with Crippen molar-refractivity contribution in [2.45, 2.75) is 39.7 Å². The first-order chi connectivity index (χ1) is 11.5. The van der Waals surface area contributed by atoms with E-state index in [2.05, 4.69) is 24.2 Å². The number of ether oxygens (including phenoxy) is 1. The van der Waals surface area contributed by atoms with Gasteiger partial charge in [-0.3, -0.25) is 4.79 Å². The lowest BCUT2D eigenvalue weighted by Gasteiger charge is -2.30. The van der Waals surface area contributed by atoms with Crippen LogP contribution < -0.4 is 0 Å². The molecule has 6 heteroatoms. The van der Waals surface area contributed by atoms with E-state index in [0.717, 1.165) is 11.4 Å². The summed E-state index contributed by atoms with van der Waals surface area (Å²) in [5.74, 6) is 0.0749. The maximum absolute atomic E-state index is 12.9. The molecule has 0 spiro atoms. The van der Waals surface area contributed by atoms with E-state index in [1.165, 1.54) is 5.56 Å². The second-order valence-electron chi connectivity index (χ2n) is 6.66. The minimum Gasteiger partial charge on any atom is -0.375 e. The number of hydrogen-bond donors (Lipinski definition) is 0. The number of rotatable bonds is 3. The van der Waals surface area contributed by atoms with Crippen LogP contribution in [0, 0.1) is 6.92 Å². The van der Waals surface area contributed by atoms with Gasteiger partial charge in [0.15, 0.2) is 5.69 Å². The molecule has 6 nitrogen and oxygen atoms in total. The first-order valence-electron chi connectivity index (χ1n) is 8.41. The number of benzene rings is 1. The minimum absolute atomic E-state index is 0.0531. The third kappa shape index (κ3) is 3.19. The van der Waals surface area contributed by atoms with Crippen molar-refractivity contribution in [1.29, 1.82) is 0 Å². The first kappa shape index (κ1) is 16.6. The highest BCUT2D eigenvalue weighted by molar-refractivity contribution is 5.93. The normalized spacial score (nSPS) is 18.2. The van der Waals surface area contributed by atoms with Crippen LogP contribution in [-0.4, -0.2) is 51.6 Å². The van der Waals surface area contributed by atoms with Gasteiger partial charge >= 0.3 is 0 Å². The van der Waals surface area contributed by atoms with E-state index in [0.29, 0.717) is 25.4 Å². The largest absolute Gasteiger partial charge is 0.375 e. The highest BCUT2D eigenvalue weighted by Gasteiger charge is 2.29. The smallest absolute Gasteiger partial charge is 0.276 e. The average Bonchev–Trinajstić information content (AvgIpc) is 3.00. The standard InChI is InChI=1S/C18H24N4O2/c1-12(2)17-16(18(23)21-9-10-24-14(4)11-21)19-20-22(17)15-7-5-13(3)6-8-15/h5-8,12,14H,9-11H2,1-4H3/t14-/m0/s1. The van der Waals surface area contributed by atoms with Crippen LogP contribution in [0.3, 0.4) is 0 Å². The zero-order chi connectivity index (χ0) is 17.3. The third-order valence-electron chi connectivity index (χ3n) is 4.26. The summed E-state index contributed by atoms with van der Waals surface area (Å²) in [6.45, 7) is 9.89. The van der Waals surface area contributed by atoms with Crippen LogP contribution in [0.2, 0.25) is 0 Å². The van der Waals surface area contributed by atoms with Gasteiger partial charge in [0.2, 0.25) is 0 Å². The van der Waals surface area contributed by atoms with Crippen LogP contribution in [0.5, 0.6) is 0 Å². The number of carbonyl (C=O) groups is 1. The maximum atomic E-state index is 12.9. The predicted molar refractivity (Wildman–Crippen MR) is 91.5 cm³/mol. The Hall–Kier alpha value is -2.21. The summed E-state index contributed by atoms with van der Waals surface area (Å²) in [5, 5.41) is 8.48. The molecule has 0 bridgehead atoms. The van der Waals surface area contributed by atoms with Crippen molar-refractivity contribution in [2.24, 2.45) is 0 Å². The number of carbonyl (C=O) groups excluding carboxylic acids is 1. The van der Waals surface area contributed by atoms with E-state index >= 15 is 0 Å². The molecular formula is C18H24N4O2. The molecule has 0 N–H and O–H groups in total. The molecule has 24 heavy (non-hydrogen) atoms. The molecule has 2 aromatic rings. The quantitative estimate of drug-likeness (QED) is 0.869. The van der Waals surface area contributed by atoms with Gasteiger partial charge in [0.25, 0.3) is 5.91 Å². The van der Waals surface area contributed by atoms with Crippen molar-refractivity contribution in [3.63, 3.8) is 0 Å². The summed E-state index contributed by atoms with van der Waals surface area (Å²) >= 11 is 0. The molecule has 0 saturated carbocycles. The SMILES string of the molecule is Cc1ccc(-n2nnc(C(=O)N3CCO[C@@H](C)C3)c2C(C)C)cc1. The number of aryl methyl sites for hydroxylation is 1. The Bertz CT molecular complexity index is 721. The Morgan fingerprint density at radius 2 is 2.00 bits per heavy atom. The Morgan fingerprint density at radius 1 is 1.29 bits per heavy atom. The molecule has 1 atom stereocenters. The van der Waals surface area contributed by atoms with Gasteiger partial charge in [-0.15, -0.1) is 5.10 Å². The molecule has 1 amide bonds. The fourth-order valence-electron chi connectivity index (χ4n) is 2.99. The summed E-state index contributed by atoms with van der Waals surface area (Å²) in [6.07, 6.45) is 0.0531. The second kappa shape index (κ2) is 6.73. The second-order valence-corrected chi connectivity index (χ2v) is 6.66. The molecule has 3 rings (SSSR count). The van der Waals surface area contributed by atoms with E-state index in [4.69, 9.17) is 4.74 Å². The third-order valence-corrected chi connectivity index (χ3v) is 4.26. The van der Waals surface area contributed by atoms with E-state index in [1.54, 1.807) is 4.68 Å². The van der Waals surface area contributed by atoms with E-state index in [-0.39, 0.29) is 17.9 Å². The van der Waals surface area contributed by atoms with Crippen LogP contribution >= 0.6 is 0 Å². The van der Waals surface area contributed by atoms with E-state index < -0.39 is 0 Å². The first-order valence-corrected chi connectivity index (χ1v) is 8.41. The van der Waals surface area contributed by atoms with Gasteiger partial charge in [-0.1, -0.05) is 36.8 Å². The predicted octanol–water partition coefficient (Wildman–Crippen LogP) is 2.56. The molecule has 0 unspecified atom stereocenters. The molecule has 2 heterocycles. The van der Waals surface area contributed by atoms with Crippen LogP contribution in [0.4, 0.5) is 0 Å². The van der Waals surface area contributed by atoms with Gasteiger partial charge < -0.3 is 9.64 Å². The molecule has 1 saturated heterocycles. The topological polar surface area (TPSA) is 60.2 Å². The van der Waals surface area contributed by atoms with Crippen molar-refractivity contribution in [3.05, 3.63) is 41.2 Å². The molecule has 1 aliphatic heterocycles. The zero-order valence-electron chi connectivity index (χ0n) is 14.7. The number of morpholine rings is 1. The number of hydrogen-bond acceptors (Lipinski definition) is 4. The minimum atomic E-state index is -0.0628. The zero-order valence-corrected chi connectivity index (χ0v) is 14.7. The highest BCUT2D eigenvalue weighted by atomic mass is 16.5. The lowest BCUT2D eigenvalue weighted by atomic mass is 10.1. The van der Waals surface area contributed by atoms with Crippen LogP contribution in [-0.2, 0) is 4.74 Å². The Morgan fingerprint density at radius 3 is 2.62 bits per heavy atom. The van der Waals surface area contributed by atoms with Gasteiger partial charge in [0, 0.05) is 13.1 Å². The summed E-state index contributed by atoms with van der Waals surface area (Å²) in [5.41, 5.74) is 3.40. The van der Waals surface area contributed by atoms with Crippen molar-refractivity contribution >= 4 is 5.91 Å². The van der Waals surface area contributed by atoms with Crippen molar-refractivity contribution < 1.29 is 9.53 Å². The maximum Gasteiger partial charge on any atom is 0.276 e. The highest BCUT2D eigenvalue weighted by Crippen LogP contribution is 2.23. The van der Waals surface area contributed by atoms with Gasteiger partial charge in [0.05, 0.1) is 24.1 Å². The summed E-state index contributed by atoms with van der Waals surface area (Å²) in [6, 6.07) is 8.07. The fourth-order valence-corrected chi connectivity index (χ4v) is 2.99. The van der Waals surface area contributed by atoms with E-state index in [1.807, 2.05) is 43.0 Å².